The maximum absolute atomic E-state index is 12.9. The summed E-state index contributed by atoms with van der Waals surface area (Å²) in [4.78, 5) is 41.0. The molecule has 0 fully saturated rings. The first-order valence-electron chi connectivity index (χ1n) is 9.28. The van der Waals surface area contributed by atoms with Gasteiger partial charge < -0.3 is 9.32 Å². The van der Waals surface area contributed by atoms with E-state index in [0.717, 1.165) is 16.0 Å². The van der Waals surface area contributed by atoms with Gasteiger partial charge in [-0.05, 0) is 48.4 Å². The van der Waals surface area contributed by atoms with E-state index in [1.54, 1.807) is 36.2 Å². The zero-order chi connectivity index (χ0) is 20.5. The van der Waals surface area contributed by atoms with Crippen molar-refractivity contribution >= 4 is 17.7 Å². The van der Waals surface area contributed by atoms with Crippen LogP contribution in [0.2, 0.25) is 0 Å². The first kappa shape index (κ1) is 18.7. The van der Waals surface area contributed by atoms with Crippen LogP contribution in [0, 0.1) is 6.92 Å². The van der Waals surface area contributed by atoms with Crippen molar-refractivity contribution in [1.82, 2.24) is 9.80 Å². The molecule has 1 aliphatic rings. The van der Waals surface area contributed by atoms with Gasteiger partial charge in [-0.25, -0.2) is 0 Å². The molecule has 3 aromatic rings. The third kappa shape index (κ3) is 3.45. The van der Waals surface area contributed by atoms with E-state index in [4.69, 9.17) is 4.42 Å². The lowest BCUT2D eigenvalue weighted by Crippen LogP contribution is -2.29. The molecular weight excluding hydrogens is 368 g/mol. The van der Waals surface area contributed by atoms with Crippen LogP contribution in [0.3, 0.4) is 0 Å². The fraction of sp³-hybridized carbons (Fsp3) is 0.174. The molecule has 6 heteroatoms. The predicted octanol–water partition coefficient (Wildman–Crippen LogP) is 3.66. The Bertz CT molecular complexity index is 1100. The van der Waals surface area contributed by atoms with Crippen molar-refractivity contribution < 1.29 is 18.8 Å². The fourth-order valence-electron chi connectivity index (χ4n) is 3.46. The Balaban J connectivity index is 1.55. The van der Waals surface area contributed by atoms with Crippen molar-refractivity contribution in [2.24, 2.45) is 0 Å². The summed E-state index contributed by atoms with van der Waals surface area (Å²) in [5.41, 5.74) is 3.09. The van der Waals surface area contributed by atoms with Gasteiger partial charge in [-0.2, -0.15) is 0 Å². The molecule has 0 N–H and O–H groups in total. The normalized spacial score (nSPS) is 13.0. The smallest absolute Gasteiger partial charge is 0.261 e. The van der Waals surface area contributed by atoms with Crippen LogP contribution < -0.4 is 0 Å². The molecule has 2 aromatic carbocycles. The summed E-state index contributed by atoms with van der Waals surface area (Å²) < 4.78 is 5.24. The van der Waals surface area contributed by atoms with Crippen LogP contribution in [0.5, 0.6) is 0 Å². The van der Waals surface area contributed by atoms with Gasteiger partial charge in [0.05, 0.1) is 23.9 Å². The molecule has 0 unspecified atom stereocenters. The number of carbonyl (C=O) groups excluding carboxylic acids is 3. The Labute approximate surface area is 168 Å². The van der Waals surface area contributed by atoms with E-state index in [-0.39, 0.29) is 23.9 Å². The second kappa shape index (κ2) is 7.39. The Morgan fingerprint density at radius 3 is 2.48 bits per heavy atom. The number of fused-ring (bicyclic) bond motifs is 1. The van der Waals surface area contributed by atoms with Gasteiger partial charge in [0, 0.05) is 19.2 Å². The second-order valence-corrected chi connectivity index (χ2v) is 7.12. The van der Waals surface area contributed by atoms with Gasteiger partial charge in [-0.1, -0.05) is 24.3 Å². The van der Waals surface area contributed by atoms with Crippen molar-refractivity contribution in [3.8, 4) is 0 Å². The van der Waals surface area contributed by atoms with E-state index >= 15 is 0 Å². The minimum absolute atomic E-state index is 0.0653. The van der Waals surface area contributed by atoms with Gasteiger partial charge in [-0.15, -0.1) is 0 Å². The Morgan fingerprint density at radius 1 is 1.00 bits per heavy atom. The SMILES string of the molecule is Cc1ccccc1CN(C)C(=O)c1ccc2c(c1)C(=O)N(Cc1ccco1)C2=O. The van der Waals surface area contributed by atoms with Crippen molar-refractivity contribution in [1.29, 1.82) is 0 Å². The summed E-state index contributed by atoms with van der Waals surface area (Å²) in [6, 6.07) is 15.9. The van der Waals surface area contributed by atoms with Gasteiger partial charge in [0.25, 0.3) is 17.7 Å². The molecule has 6 nitrogen and oxygen atoms in total. The quantitative estimate of drug-likeness (QED) is 0.626. The summed E-state index contributed by atoms with van der Waals surface area (Å²) in [6.07, 6.45) is 1.49. The molecule has 0 saturated carbocycles. The molecule has 1 aromatic heterocycles. The zero-order valence-corrected chi connectivity index (χ0v) is 16.2. The lowest BCUT2D eigenvalue weighted by atomic mass is 10.0. The highest BCUT2D eigenvalue weighted by Crippen LogP contribution is 2.26. The number of imide groups is 1. The monoisotopic (exact) mass is 388 g/mol. The number of hydrogen-bond donors (Lipinski definition) is 0. The van der Waals surface area contributed by atoms with Crippen molar-refractivity contribution in [2.45, 2.75) is 20.0 Å². The third-order valence-corrected chi connectivity index (χ3v) is 5.13. The molecule has 146 valence electrons. The number of carbonyl (C=O) groups is 3. The summed E-state index contributed by atoms with van der Waals surface area (Å²) >= 11 is 0. The highest BCUT2D eigenvalue weighted by molar-refractivity contribution is 6.22. The molecule has 0 bridgehead atoms. The summed E-state index contributed by atoms with van der Waals surface area (Å²) in [6.45, 7) is 2.52. The van der Waals surface area contributed by atoms with Gasteiger partial charge in [0.2, 0.25) is 0 Å². The van der Waals surface area contributed by atoms with Crippen molar-refractivity contribution in [2.75, 3.05) is 7.05 Å². The average Bonchev–Trinajstić information content (AvgIpc) is 3.32. The summed E-state index contributed by atoms with van der Waals surface area (Å²) in [5, 5.41) is 0. The highest BCUT2D eigenvalue weighted by atomic mass is 16.3. The van der Waals surface area contributed by atoms with E-state index in [2.05, 4.69) is 0 Å². The number of hydrogen-bond acceptors (Lipinski definition) is 4. The van der Waals surface area contributed by atoms with Crippen LogP contribution in [0.15, 0.2) is 65.3 Å². The molecule has 0 spiro atoms. The number of rotatable bonds is 5. The highest BCUT2D eigenvalue weighted by Gasteiger charge is 2.36. The number of benzene rings is 2. The standard InChI is InChI=1S/C23H20N2O4/c1-15-6-3-4-7-17(15)13-24(2)21(26)16-9-10-19-20(12-16)23(28)25(22(19)27)14-18-8-5-11-29-18/h3-12H,13-14H2,1-2H3. The Hall–Kier alpha value is -3.67. The molecule has 4 rings (SSSR count). The first-order chi connectivity index (χ1) is 14.0. The van der Waals surface area contributed by atoms with Crippen LogP contribution in [0.25, 0.3) is 0 Å². The van der Waals surface area contributed by atoms with E-state index in [0.29, 0.717) is 23.4 Å². The van der Waals surface area contributed by atoms with E-state index < -0.39 is 5.91 Å². The van der Waals surface area contributed by atoms with Crippen LogP contribution in [0.4, 0.5) is 0 Å². The molecule has 0 saturated heterocycles. The van der Waals surface area contributed by atoms with E-state index in [9.17, 15) is 14.4 Å². The summed E-state index contributed by atoms with van der Waals surface area (Å²) in [7, 11) is 1.72. The minimum Gasteiger partial charge on any atom is -0.467 e. The number of furan rings is 1. The maximum atomic E-state index is 12.9. The topological polar surface area (TPSA) is 70.8 Å². The number of nitrogens with zero attached hydrogens (tertiary/aromatic N) is 2. The molecular formula is C23H20N2O4. The molecule has 0 atom stereocenters. The van der Waals surface area contributed by atoms with Crippen LogP contribution in [-0.2, 0) is 13.1 Å². The fourth-order valence-corrected chi connectivity index (χ4v) is 3.46. The number of amides is 3. The third-order valence-electron chi connectivity index (χ3n) is 5.13. The van der Waals surface area contributed by atoms with Gasteiger partial charge in [-0.3, -0.25) is 19.3 Å². The Morgan fingerprint density at radius 2 is 1.76 bits per heavy atom. The van der Waals surface area contributed by atoms with E-state index in [1.807, 2.05) is 31.2 Å². The maximum Gasteiger partial charge on any atom is 0.261 e. The largest absolute Gasteiger partial charge is 0.467 e. The minimum atomic E-state index is -0.419. The van der Waals surface area contributed by atoms with Crippen molar-refractivity contribution in [3.63, 3.8) is 0 Å². The molecule has 0 radical (unpaired) electrons. The van der Waals surface area contributed by atoms with Crippen LogP contribution in [-0.4, -0.2) is 34.6 Å². The van der Waals surface area contributed by atoms with E-state index in [1.165, 1.54) is 12.3 Å². The van der Waals surface area contributed by atoms with Gasteiger partial charge in [0.15, 0.2) is 0 Å². The zero-order valence-electron chi connectivity index (χ0n) is 16.2. The molecule has 2 heterocycles. The number of aryl methyl sites for hydroxylation is 1. The lowest BCUT2D eigenvalue weighted by molar-refractivity contribution is 0.0631. The second-order valence-electron chi connectivity index (χ2n) is 7.12. The molecule has 0 aliphatic carbocycles. The summed E-state index contributed by atoms with van der Waals surface area (Å²) in [5.74, 6) is -0.485. The first-order valence-corrected chi connectivity index (χ1v) is 9.28. The van der Waals surface area contributed by atoms with Crippen LogP contribution >= 0.6 is 0 Å². The average molecular weight is 388 g/mol. The lowest BCUT2D eigenvalue weighted by Gasteiger charge is -2.19. The Kier molecular flexibility index (Phi) is 4.76. The van der Waals surface area contributed by atoms with Crippen molar-refractivity contribution in [3.05, 3.63) is 94.4 Å². The molecule has 3 amide bonds. The predicted molar refractivity (Wildman–Crippen MR) is 106 cm³/mol. The molecule has 1 aliphatic heterocycles. The van der Waals surface area contributed by atoms with Gasteiger partial charge >= 0.3 is 0 Å². The van der Waals surface area contributed by atoms with Crippen LogP contribution in [0.1, 0.15) is 48.0 Å². The van der Waals surface area contributed by atoms with Gasteiger partial charge in [0.1, 0.15) is 5.76 Å². The molecule has 29 heavy (non-hydrogen) atoms.